The van der Waals surface area contributed by atoms with Crippen LogP contribution in [0.2, 0.25) is 0 Å². The minimum Gasteiger partial charge on any atom is -0.361 e. The Morgan fingerprint density at radius 1 is 0.918 bits per heavy atom. The maximum absolute atomic E-state index is 14.1. The summed E-state index contributed by atoms with van der Waals surface area (Å²) in [6.45, 7) is 1.77. The van der Waals surface area contributed by atoms with Gasteiger partial charge in [0.15, 0.2) is 0 Å². The highest BCUT2D eigenvalue weighted by Gasteiger charge is 2.52. The van der Waals surface area contributed by atoms with Gasteiger partial charge in [-0.15, -0.1) is 0 Å². The summed E-state index contributed by atoms with van der Waals surface area (Å²) in [7, 11) is 1.51. The van der Waals surface area contributed by atoms with E-state index in [4.69, 9.17) is 0 Å². The van der Waals surface area contributed by atoms with Gasteiger partial charge in [-0.3, -0.25) is 28.7 Å². The fourth-order valence-electron chi connectivity index (χ4n) is 6.42. The predicted molar refractivity (Wildman–Crippen MR) is 182 cm³/mol. The molecule has 13 heteroatoms. The quantitative estimate of drug-likeness (QED) is 0.233. The lowest BCUT2D eigenvalue weighted by Crippen LogP contribution is -2.57. The smallest absolute Gasteiger partial charge is 0.245 e. The topological polar surface area (TPSA) is 162 Å². The van der Waals surface area contributed by atoms with Crippen LogP contribution in [0.3, 0.4) is 0 Å². The minimum atomic E-state index is -1.03. The molecule has 13 nitrogen and oxygen atoms in total. The maximum atomic E-state index is 14.1. The van der Waals surface area contributed by atoms with E-state index in [9.17, 15) is 24.0 Å². The van der Waals surface area contributed by atoms with E-state index in [2.05, 4.69) is 26.0 Å². The number of nitrogens with zero attached hydrogens (tertiary/aromatic N) is 4. The highest BCUT2D eigenvalue weighted by Crippen LogP contribution is 2.48. The van der Waals surface area contributed by atoms with Gasteiger partial charge >= 0.3 is 0 Å². The second-order valence-corrected chi connectivity index (χ2v) is 13.1. The molecule has 2 fully saturated rings. The van der Waals surface area contributed by atoms with E-state index in [-0.39, 0.29) is 38.4 Å². The summed E-state index contributed by atoms with van der Waals surface area (Å²) in [5, 5.41) is 13.8. The third-order valence-electron chi connectivity index (χ3n) is 9.59. The zero-order valence-electron chi connectivity index (χ0n) is 27.7. The van der Waals surface area contributed by atoms with Crippen LogP contribution in [0.4, 0.5) is 0 Å². The molecule has 2 aliphatic rings. The van der Waals surface area contributed by atoms with Gasteiger partial charge in [0.05, 0.1) is 18.5 Å². The number of hydrogen-bond donors (Lipinski definition) is 4. The molecule has 2 aromatic carbocycles. The predicted octanol–water partition coefficient (Wildman–Crippen LogP) is 1.40. The van der Waals surface area contributed by atoms with Crippen molar-refractivity contribution in [2.75, 3.05) is 26.7 Å². The molecule has 1 aliphatic carbocycles. The molecule has 6 rings (SSSR count). The number of para-hydroxylation sites is 1. The molecular weight excluding hydrogens is 624 g/mol. The van der Waals surface area contributed by atoms with Crippen molar-refractivity contribution >= 4 is 40.4 Å². The molecule has 1 saturated heterocycles. The number of amides is 5. The average Bonchev–Trinajstić information content (AvgIpc) is 3.49. The molecule has 4 N–H and O–H groups in total. The minimum absolute atomic E-state index is 0.0578. The number of carbonyl (C=O) groups is 5. The van der Waals surface area contributed by atoms with Gasteiger partial charge in [0, 0.05) is 62.5 Å². The molecule has 0 radical (unpaired) electrons. The van der Waals surface area contributed by atoms with Gasteiger partial charge in [-0.1, -0.05) is 48.5 Å². The second-order valence-electron chi connectivity index (χ2n) is 13.1. The molecule has 5 amide bonds. The summed E-state index contributed by atoms with van der Waals surface area (Å²) in [6.07, 6.45) is 6.93. The summed E-state index contributed by atoms with van der Waals surface area (Å²) in [4.78, 5) is 75.0. The monoisotopic (exact) mass is 666 g/mol. The van der Waals surface area contributed by atoms with Crippen LogP contribution in [0.25, 0.3) is 10.9 Å². The maximum Gasteiger partial charge on any atom is 0.245 e. The van der Waals surface area contributed by atoms with Crippen LogP contribution in [-0.4, -0.2) is 98.9 Å². The lowest BCUT2D eigenvalue weighted by molar-refractivity contribution is -0.143. The normalized spacial score (nSPS) is 22.1. The van der Waals surface area contributed by atoms with Crippen LogP contribution in [0.15, 0.2) is 79.3 Å². The van der Waals surface area contributed by atoms with Crippen molar-refractivity contribution in [1.29, 1.82) is 0 Å². The molecule has 0 bridgehead atoms. The first-order valence-corrected chi connectivity index (χ1v) is 16.6. The molecule has 3 heterocycles. The van der Waals surface area contributed by atoms with Gasteiger partial charge in [-0.2, -0.15) is 5.10 Å². The first-order chi connectivity index (χ1) is 23.6. The van der Waals surface area contributed by atoms with Crippen LogP contribution >= 0.6 is 0 Å². The standard InChI is InChI=1S/C36H42N8O5/c1-24-32(46)41-29(19-25-9-4-3-5-10-25)33(47)37-16-18-43(35(49)36(13-14-36)23-44-17-8-15-39-44)22-31(45)40-30(34(48)42(24)2)20-26-21-38-28-12-7-6-11-27(26)28/h3-12,15,17,21,24,29-30,38H,13-14,16,18-20,22-23H2,1-2H3,(H,37,47)(H,40,45)(H,41,46)/t24-,29-,30-/m0/s1. The fourth-order valence-corrected chi connectivity index (χ4v) is 6.42. The molecule has 3 atom stereocenters. The van der Waals surface area contributed by atoms with Crippen molar-refractivity contribution in [2.45, 2.75) is 57.3 Å². The van der Waals surface area contributed by atoms with Crippen molar-refractivity contribution < 1.29 is 24.0 Å². The van der Waals surface area contributed by atoms with E-state index < -0.39 is 47.2 Å². The third-order valence-corrected chi connectivity index (χ3v) is 9.59. The Labute approximate surface area is 284 Å². The van der Waals surface area contributed by atoms with Crippen LogP contribution in [0.1, 0.15) is 30.9 Å². The Morgan fingerprint density at radius 2 is 1.67 bits per heavy atom. The van der Waals surface area contributed by atoms with Crippen LogP contribution in [0, 0.1) is 5.41 Å². The van der Waals surface area contributed by atoms with E-state index in [1.54, 1.807) is 30.1 Å². The van der Waals surface area contributed by atoms with E-state index in [0.717, 1.165) is 22.0 Å². The van der Waals surface area contributed by atoms with Gasteiger partial charge in [0.1, 0.15) is 18.1 Å². The highest BCUT2D eigenvalue weighted by molar-refractivity contribution is 5.96. The zero-order valence-corrected chi connectivity index (χ0v) is 27.7. The molecule has 0 unspecified atom stereocenters. The number of nitrogens with one attached hydrogen (secondary N) is 4. The van der Waals surface area contributed by atoms with Crippen LogP contribution < -0.4 is 16.0 Å². The van der Waals surface area contributed by atoms with E-state index in [1.165, 1.54) is 16.8 Å². The number of aromatic nitrogens is 3. The summed E-state index contributed by atoms with van der Waals surface area (Å²) < 4.78 is 1.71. The van der Waals surface area contributed by atoms with Crippen molar-refractivity contribution in [3.8, 4) is 0 Å². The first-order valence-electron chi connectivity index (χ1n) is 16.6. The molecule has 0 spiro atoms. The number of H-pyrrole nitrogens is 1. The van der Waals surface area contributed by atoms with E-state index in [1.807, 2.05) is 60.8 Å². The van der Waals surface area contributed by atoms with Gasteiger partial charge < -0.3 is 30.7 Å². The van der Waals surface area contributed by atoms with Crippen LogP contribution in [-0.2, 0) is 43.4 Å². The zero-order chi connectivity index (χ0) is 34.5. The van der Waals surface area contributed by atoms with E-state index in [0.29, 0.717) is 19.4 Å². The number of rotatable bonds is 7. The molecular formula is C36H42N8O5. The molecule has 4 aromatic rings. The lowest BCUT2D eigenvalue weighted by Gasteiger charge is -2.30. The van der Waals surface area contributed by atoms with Crippen molar-refractivity contribution in [1.82, 2.24) is 40.5 Å². The summed E-state index contributed by atoms with van der Waals surface area (Å²) >= 11 is 0. The summed E-state index contributed by atoms with van der Waals surface area (Å²) in [5.41, 5.74) is 1.84. The Morgan fingerprint density at radius 3 is 2.41 bits per heavy atom. The number of aromatic amines is 1. The molecule has 49 heavy (non-hydrogen) atoms. The van der Waals surface area contributed by atoms with Crippen molar-refractivity contribution in [3.05, 3.63) is 90.4 Å². The Bertz CT molecular complexity index is 1820. The lowest BCUT2D eigenvalue weighted by atomic mass is 10.0. The molecule has 1 aliphatic heterocycles. The SMILES string of the molecule is C[C@H]1C(=O)N[C@@H](Cc2ccccc2)C(=O)NCCN(C(=O)C2(Cn3cccn3)CC2)CC(=O)N[C@@H](Cc2c[nH]c3ccccc23)C(=O)N1C. The number of hydrogen-bond acceptors (Lipinski definition) is 6. The van der Waals surface area contributed by atoms with Crippen molar-refractivity contribution in [3.63, 3.8) is 0 Å². The largest absolute Gasteiger partial charge is 0.361 e. The third kappa shape index (κ3) is 7.66. The number of likely N-dealkylation sites (N-methyl/N-ethyl adjacent to an activating group) is 1. The Kier molecular flexibility index (Phi) is 9.79. The Balaban J connectivity index is 1.30. The van der Waals surface area contributed by atoms with Gasteiger partial charge in [0.25, 0.3) is 0 Å². The number of carbonyl (C=O) groups excluding carboxylic acids is 5. The average molecular weight is 667 g/mol. The second kappa shape index (κ2) is 14.3. The Hall–Kier alpha value is -5.46. The molecule has 256 valence electrons. The van der Waals surface area contributed by atoms with Gasteiger partial charge in [-0.05, 0) is 43.0 Å². The molecule has 2 aromatic heterocycles. The number of benzene rings is 2. The fraction of sp³-hybridized carbons (Fsp3) is 0.389. The van der Waals surface area contributed by atoms with Gasteiger partial charge in [-0.25, -0.2) is 0 Å². The summed E-state index contributed by atoms with van der Waals surface area (Å²) in [5.74, 6) is -2.15. The first kappa shape index (κ1) is 33.4. The highest BCUT2D eigenvalue weighted by atomic mass is 16.2. The molecule has 1 saturated carbocycles. The van der Waals surface area contributed by atoms with Gasteiger partial charge in [0.2, 0.25) is 29.5 Å². The summed E-state index contributed by atoms with van der Waals surface area (Å²) in [6, 6.07) is 15.9. The van der Waals surface area contributed by atoms with Crippen molar-refractivity contribution in [2.24, 2.45) is 5.41 Å². The number of fused-ring (bicyclic) bond motifs is 1. The van der Waals surface area contributed by atoms with Crippen LogP contribution in [0.5, 0.6) is 0 Å². The van der Waals surface area contributed by atoms with E-state index >= 15 is 0 Å².